The Balaban J connectivity index is 2.01. The number of nitrogens with two attached hydrogens (primary N) is 1. The summed E-state index contributed by atoms with van der Waals surface area (Å²) in [6, 6.07) is 8.17. The van der Waals surface area contributed by atoms with Crippen LogP contribution in [0.1, 0.15) is 36.2 Å². The Hall–Kier alpha value is -2.63. The molecule has 0 spiro atoms. The molecule has 0 amide bonds. The lowest BCUT2D eigenvalue weighted by Crippen LogP contribution is -2.21. The number of pyridine rings is 1. The molecule has 0 saturated heterocycles. The van der Waals surface area contributed by atoms with Gasteiger partial charge in [-0.25, -0.2) is 4.98 Å². The van der Waals surface area contributed by atoms with Gasteiger partial charge in [0.1, 0.15) is 5.75 Å². The molecule has 4 aromatic rings. The van der Waals surface area contributed by atoms with Crippen LogP contribution in [0, 0.1) is 13.8 Å². The summed E-state index contributed by atoms with van der Waals surface area (Å²) in [4.78, 5) is 8.37. The van der Waals surface area contributed by atoms with Gasteiger partial charge >= 0.3 is 0 Å². The van der Waals surface area contributed by atoms with Crippen LogP contribution in [0.4, 0.5) is 0 Å². The first-order valence-electron chi connectivity index (χ1n) is 9.90. The number of ether oxygens (including phenoxy) is 1. The van der Waals surface area contributed by atoms with E-state index >= 15 is 0 Å². The van der Waals surface area contributed by atoms with Crippen molar-refractivity contribution in [1.82, 2.24) is 15.3 Å². The van der Waals surface area contributed by atoms with E-state index in [1.807, 2.05) is 18.3 Å². The summed E-state index contributed by atoms with van der Waals surface area (Å²) in [5.41, 5.74) is 12.2. The number of nitrogens with zero attached hydrogens (tertiary/aromatic N) is 1. The number of methoxy groups -OCH3 is 1. The minimum Gasteiger partial charge on any atom is -0.497 e. The summed E-state index contributed by atoms with van der Waals surface area (Å²) in [6.07, 6.45) is 2.88. The Morgan fingerprint density at radius 2 is 1.96 bits per heavy atom. The summed E-state index contributed by atoms with van der Waals surface area (Å²) >= 11 is 0. The monoisotopic (exact) mass is 376 g/mol. The molecule has 2 heterocycles. The van der Waals surface area contributed by atoms with Crippen molar-refractivity contribution in [3.05, 3.63) is 47.3 Å². The highest BCUT2D eigenvalue weighted by Crippen LogP contribution is 2.39. The van der Waals surface area contributed by atoms with Crippen LogP contribution in [-0.2, 0) is 0 Å². The summed E-state index contributed by atoms with van der Waals surface area (Å²) in [7, 11) is 1.70. The highest BCUT2D eigenvalue weighted by atomic mass is 16.5. The molecule has 0 fully saturated rings. The van der Waals surface area contributed by atoms with Crippen LogP contribution in [0.3, 0.4) is 0 Å². The van der Waals surface area contributed by atoms with Gasteiger partial charge in [-0.3, -0.25) is 0 Å². The van der Waals surface area contributed by atoms with Crippen molar-refractivity contribution < 1.29 is 4.74 Å². The van der Waals surface area contributed by atoms with Crippen molar-refractivity contribution >= 4 is 32.6 Å². The number of fused-ring (bicyclic) bond motifs is 4. The van der Waals surface area contributed by atoms with E-state index in [0.717, 1.165) is 47.4 Å². The predicted octanol–water partition coefficient (Wildman–Crippen LogP) is 4.49. The SMILES string of the molecule is CCNCCC(N)c1[nH]ccc2c(C)c3nc4ccc(OC)cc4c3c(C)c12. The van der Waals surface area contributed by atoms with Crippen LogP contribution >= 0.6 is 0 Å². The molecule has 0 aliphatic carbocycles. The van der Waals surface area contributed by atoms with E-state index in [1.54, 1.807) is 7.11 Å². The number of H-pyrrole nitrogens is 1. The lowest BCUT2D eigenvalue weighted by atomic mass is 9.92. The molecule has 2 aromatic heterocycles. The largest absolute Gasteiger partial charge is 0.497 e. The number of nitrogens with one attached hydrogen (secondary N) is 2. The number of aromatic amines is 1. The lowest BCUT2D eigenvalue weighted by Gasteiger charge is -2.18. The molecule has 5 nitrogen and oxygen atoms in total. The van der Waals surface area contributed by atoms with Crippen LogP contribution in [0.15, 0.2) is 30.5 Å². The van der Waals surface area contributed by atoms with E-state index in [4.69, 9.17) is 15.5 Å². The number of hydrogen-bond donors (Lipinski definition) is 3. The second-order valence-corrected chi connectivity index (χ2v) is 7.40. The average molecular weight is 377 g/mol. The van der Waals surface area contributed by atoms with E-state index in [0.29, 0.717) is 0 Å². The van der Waals surface area contributed by atoms with E-state index in [1.165, 1.54) is 27.3 Å². The first-order chi connectivity index (χ1) is 13.6. The fourth-order valence-corrected chi connectivity index (χ4v) is 4.25. The number of rotatable bonds is 6. The van der Waals surface area contributed by atoms with E-state index < -0.39 is 0 Å². The van der Waals surface area contributed by atoms with Crippen molar-refractivity contribution in [2.45, 2.75) is 33.2 Å². The highest BCUT2D eigenvalue weighted by molar-refractivity contribution is 6.17. The number of benzene rings is 2. The number of hydrogen-bond acceptors (Lipinski definition) is 4. The molecule has 2 aromatic carbocycles. The van der Waals surface area contributed by atoms with Gasteiger partial charge in [-0.15, -0.1) is 0 Å². The summed E-state index contributed by atoms with van der Waals surface area (Å²) < 4.78 is 5.45. The van der Waals surface area contributed by atoms with E-state index in [2.05, 4.69) is 43.2 Å². The molecule has 0 aliphatic rings. The Labute approximate surface area is 165 Å². The van der Waals surface area contributed by atoms with Crippen LogP contribution in [0.5, 0.6) is 5.75 Å². The Morgan fingerprint density at radius 1 is 1.14 bits per heavy atom. The zero-order chi connectivity index (χ0) is 19.8. The molecule has 4 N–H and O–H groups in total. The molecule has 0 saturated carbocycles. The van der Waals surface area contributed by atoms with Gasteiger partial charge in [0.15, 0.2) is 0 Å². The van der Waals surface area contributed by atoms with Gasteiger partial charge in [-0.2, -0.15) is 0 Å². The predicted molar refractivity (Wildman–Crippen MR) is 117 cm³/mol. The Bertz CT molecular complexity index is 1160. The van der Waals surface area contributed by atoms with Gasteiger partial charge < -0.3 is 20.8 Å². The van der Waals surface area contributed by atoms with Crippen molar-refractivity contribution in [2.24, 2.45) is 5.73 Å². The standard InChI is InChI=1S/C23H28N4O/c1-5-25-10-9-18(24)23-20-14(3)21-17-12-15(28-4)6-7-19(17)27-22(21)13(2)16(20)8-11-26-23/h6-8,11-12,18,25-26H,5,9-10,24H2,1-4H3. The van der Waals surface area contributed by atoms with Crippen molar-refractivity contribution in [1.29, 1.82) is 0 Å². The average Bonchev–Trinajstić information content (AvgIpc) is 3.10. The molecular weight excluding hydrogens is 348 g/mol. The van der Waals surface area contributed by atoms with Crippen molar-refractivity contribution in [3.8, 4) is 5.75 Å². The fourth-order valence-electron chi connectivity index (χ4n) is 4.25. The van der Waals surface area contributed by atoms with E-state index in [9.17, 15) is 0 Å². The van der Waals surface area contributed by atoms with Crippen LogP contribution in [-0.4, -0.2) is 30.2 Å². The van der Waals surface area contributed by atoms with E-state index in [-0.39, 0.29) is 6.04 Å². The lowest BCUT2D eigenvalue weighted by molar-refractivity contribution is 0.415. The first kappa shape index (κ1) is 18.7. The second-order valence-electron chi connectivity index (χ2n) is 7.40. The third-order valence-electron chi connectivity index (χ3n) is 5.73. The van der Waals surface area contributed by atoms with Gasteiger partial charge in [-0.1, -0.05) is 6.92 Å². The molecule has 4 rings (SSSR count). The molecule has 1 unspecified atom stereocenters. The maximum atomic E-state index is 6.59. The molecule has 0 aliphatic heterocycles. The molecule has 146 valence electrons. The maximum absolute atomic E-state index is 6.59. The molecule has 28 heavy (non-hydrogen) atoms. The smallest absolute Gasteiger partial charge is 0.119 e. The molecule has 5 heteroatoms. The highest BCUT2D eigenvalue weighted by Gasteiger charge is 2.19. The zero-order valence-electron chi connectivity index (χ0n) is 17.0. The van der Waals surface area contributed by atoms with Gasteiger partial charge in [0.2, 0.25) is 0 Å². The minimum absolute atomic E-state index is 0.0537. The zero-order valence-corrected chi connectivity index (χ0v) is 17.0. The summed E-state index contributed by atoms with van der Waals surface area (Å²) in [5.74, 6) is 0.848. The van der Waals surface area contributed by atoms with Crippen molar-refractivity contribution in [2.75, 3.05) is 20.2 Å². The normalized spacial score (nSPS) is 12.9. The second kappa shape index (κ2) is 7.41. The van der Waals surface area contributed by atoms with Gasteiger partial charge in [-0.05, 0) is 74.1 Å². The Morgan fingerprint density at radius 3 is 2.71 bits per heavy atom. The third kappa shape index (κ3) is 2.91. The van der Waals surface area contributed by atoms with Crippen molar-refractivity contribution in [3.63, 3.8) is 0 Å². The van der Waals surface area contributed by atoms with Crippen LogP contribution in [0.25, 0.3) is 32.6 Å². The minimum atomic E-state index is -0.0537. The molecule has 1 atom stereocenters. The fraction of sp³-hybridized carbons (Fsp3) is 0.348. The van der Waals surface area contributed by atoms with Gasteiger partial charge in [0, 0.05) is 34.1 Å². The molecule has 0 bridgehead atoms. The van der Waals surface area contributed by atoms with Gasteiger partial charge in [0.05, 0.1) is 18.1 Å². The first-order valence-corrected chi connectivity index (χ1v) is 9.90. The number of aryl methyl sites for hydroxylation is 2. The molecular formula is C23H28N4O. The number of aromatic nitrogens is 2. The maximum Gasteiger partial charge on any atom is 0.119 e. The summed E-state index contributed by atoms with van der Waals surface area (Å²) in [5, 5.41) is 8.12. The molecule has 0 radical (unpaired) electrons. The van der Waals surface area contributed by atoms with Crippen LogP contribution in [0.2, 0.25) is 0 Å². The topological polar surface area (TPSA) is 76.0 Å². The quantitative estimate of drug-likeness (QED) is 0.433. The third-order valence-corrected chi connectivity index (χ3v) is 5.73. The van der Waals surface area contributed by atoms with Crippen LogP contribution < -0.4 is 15.8 Å². The Kier molecular flexibility index (Phi) is 4.96. The summed E-state index contributed by atoms with van der Waals surface area (Å²) in [6.45, 7) is 8.31. The van der Waals surface area contributed by atoms with Gasteiger partial charge in [0.25, 0.3) is 0 Å².